The first-order valence-electron chi connectivity index (χ1n) is 5.47. The van der Waals surface area contributed by atoms with Gasteiger partial charge in [-0.05, 0) is 25.2 Å². The number of anilines is 1. The summed E-state index contributed by atoms with van der Waals surface area (Å²) in [5.41, 5.74) is 0.406. The average molecular weight is 281 g/mol. The monoisotopic (exact) mass is 281 g/mol. The number of rotatable bonds is 6. The minimum atomic E-state index is -3.52. The number of benzene rings is 1. The molecule has 3 N–H and O–H groups in total. The van der Waals surface area contributed by atoms with Crippen molar-refractivity contribution in [2.24, 2.45) is 0 Å². The third-order valence-corrected chi connectivity index (χ3v) is 3.62. The topological polar surface area (TPSA) is 87.3 Å². The molecule has 0 spiro atoms. The Bertz CT molecular complexity index is 590. The summed E-state index contributed by atoms with van der Waals surface area (Å²) in [5.74, 6) is 2.05. The fourth-order valence-electron chi connectivity index (χ4n) is 1.31. The van der Waals surface area contributed by atoms with Crippen LogP contribution in [0, 0.1) is 12.3 Å². The molecular formula is C12H15N3O3S. The van der Waals surface area contributed by atoms with Gasteiger partial charge in [0.25, 0.3) is 0 Å². The van der Waals surface area contributed by atoms with Gasteiger partial charge in [-0.2, -0.15) is 0 Å². The Hall–Kier alpha value is -1.88. The SMILES string of the molecule is C#CCNCC(=O)Nc1cccc(S(=O)(=O)NC)c1. The molecule has 6 nitrogen and oxygen atoms in total. The molecule has 0 fully saturated rings. The summed E-state index contributed by atoms with van der Waals surface area (Å²) < 4.78 is 25.4. The Kier molecular flexibility index (Phi) is 5.51. The number of hydrogen-bond donors (Lipinski definition) is 3. The van der Waals surface area contributed by atoms with E-state index in [2.05, 4.69) is 21.3 Å². The van der Waals surface area contributed by atoms with E-state index in [-0.39, 0.29) is 17.3 Å². The zero-order chi connectivity index (χ0) is 14.3. The van der Waals surface area contributed by atoms with Gasteiger partial charge in [0, 0.05) is 5.69 Å². The van der Waals surface area contributed by atoms with Crippen molar-refractivity contribution in [1.82, 2.24) is 10.0 Å². The van der Waals surface area contributed by atoms with Crippen LogP contribution in [0.15, 0.2) is 29.2 Å². The van der Waals surface area contributed by atoms with Crippen LogP contribution in [-0.4, -0.2) is 34.5 Å². The molecule has 0 atom stereocenters. The van der Waals surface area contributed by atoms with Gasteiger partial charge in [0.15, 0.2) is 0 Å². The molecule has 0 radical (unpaired) electrons. The molecule has 0 saturated carbocycles. The normalized spacial score (nSPS) is 10.7. The number of nitrogens with one attached hydrogen (secondary N) is 3. The zero-order valence-electron chi connectivity index (χ0n) is 10.4. The lowest BCUT2D eigenvalue weighted by molar-refractivity contribution is -0.115. The summed E-state index contributed by atoms with van der Waals surface area (Å²) in [6.07, 6.45) is 5.03. The van der Waals surface area contributed by atoms with Crippen LogP contribution in [0.2, 0.25) is 0 Å². The minimum absolute atomic E-state index is 0.0627. The molecule has 1 amide bonds. The van der Waals surface area contributed by atoms with Crippen LogP contribution in [0.3, 0.4) is 0 Å². The fraction of sp³-hybridized carbons (Fsp3) is 0.250. The van der Waals surface area contributed by atoms with Crippen LogP contribution < -0.4 is 15.4 Å². The van der Waals surface area contributed by atoms with Gasteiger partial charge in [-0.15, -0.1) is 6.42 Å². The first-order valence-corrected chi connectivity index (χ1v) is 6.95. The van der Waals surface area contributed by atoms with Crippen LogP contribution in [0.5, 0.6) is 0 Å². The van der Waals surface area contributed by atoms with Crippen molar-refractivity contribution in [2.75, 3.05) is 25.5 Å². The van der Waals surface area contributed by atoms with Crippen molar-refractivity contribution in [3.8, 4) is 12.3 Å². The highest BCUT2D eigenvalue weighted by Crippen LogP contribution is 2.14. The number of terminal acetylenes is 1. The molecule has 0 aliphatic carbocycles. The molecule has 102 valence electrons. The van der Waals surface area contributed by atoms with Gasteiger partial charge in [-0.3, -0.25) is 10.1 Å². The molecule has 0 aliphatic heterocycles. The fourth-order valence-corrected chi connectivity index (χ4v) is 2.09. The van der Waals surface area contributed by atoms with Gasteiger partial charge >= 0.3 is 0 Å². The predicted octanol–water partition coefficient (Wildman–Crippen LogP) is -0.244. The van der Waals surface area contributed by atoms with E-state index in [4.69, 9.17) is 6.42 Å². The highest BCUT2D eigenvalue weighted by atomic mass is 32.2. The second-order valence-corrected chi connectivity index (χ2v) is 5.48. The largest absolute Gasteiger partial charge is 0.325 e. The minimum Gasteiger partial charge on any atom is -0.325 e. The molecule has 0 bridgehead atoms. The van der Waals surface area contributed by atoms with E-state index >= 15 is 0 Å². The van der Waals surface area contributed by atoms with Crippen molar-refractivity contribution in [1.29, 1.82) is 0 Å². The predicted molar refractivity (Wildman–Crippen MR) is 73.0 cm³/mol. The van der Waals surface area contributed by atoms with E-state index in [0.29, 0.717) is 12.2 Å². The van der Waals surface area contributed by atoms with Crippen LogP contribution in [-0.2, 0) is 14.8 Å². The number of hydrogen-bond acceptors (Lipinski definition) is 4. The highest BCUT2D eigenvalue weighted by molar-refractivity contribution is 7.89. The molecule has 7 heteroatoms. The van der Waals surface area contributed by atoms with Gasteiger partial charge in [-0.25, -0.2) is 13.1 Å². The summed E-state index contributed by atoms with van der Waals surface area (Å²) in [7, 11) is -2.20. The van der Waals surface area contributed by atoms with Crippen molar-refractivity contribution in [2.45, 2.75) is 4.90 Å². The molecule has 19 heavy (non-hydrogen) atoms. The lowest BCUT2D eigenvalue weighted by Gasteiger charge is -2.07. The Labute approximate surface area is 112 Å². The van der Waals surface area contributed by atoms with E-state index in [9.17, 15) is 13.2 Å². The quantitative estimate of drug-likeness (QED) is 0.496. The second-order valence-electron chi connectivity index (χ2n) is 3.59. The first kappa shape index (κ1) is 15.2. The van der Waals surface area contributed by atoms with E-state index in [1.54, 1.807) is 12.1 Å². The molecule has 0 unspecified atom stereocenters. The lowest BCUT2D eigenvalue weighted by Crippen LogP contribution is -2.28. The van der Waals surface area contributed by atoms with E-state index in [0.717, 1.165) is 0 Å². The third-order valence-electron chi connectivity index (χ3n) is 2.21. The van der Waals surface area contributed by atoms with Gasteiger partial charge in [-0.1, -0.05) is 12.0 Å². The van der Waals surface area contributed by atoms with Gasteiger partial charge in [0.2, 0.25) is 15.9 Å². The molecular weight excluding hydrogens is 266 g/mol. The maximum absolute atomic E-state index is 11.6. The molecule has 0 heterocycles. The molecule has 1 aromatic rings. The number of sulfonamides is 1. The number of amides is 1. The van der Waals surface area contributed by atoms with Crippen LogP contribution >= 0.6 is 0 Å². The van der Waals surface area contributed by atoms with Crippen LogP contribution in [0.25, 0.3) is 0 Å². The molecule has 1 rings (SSSR count). The Morgan fingerprint density at radius 2 is 2.16 bits per heavy atom. The molecule has 0 aromatic heterocycles. The third kappa shape index (κ3) is 4.71. The number of carbonyl (C=O) groups is 1. The van der Waals surface area contributed by atoms with Crippen molar-refractivity contribution in [3.05, 3.63) is 24.3 Å². The summed E-state index contributed by atoms with van der Waals surface area (Å²) in [6, 6.07) is 5.98. The van der Waals surface area contributed by atoms with Crippen molar-refractivity contribution in [3.63, 3.8) is 0 Å². The Morgan fingerprint density at radius 1 is 1.42 bits per heavy atom. The van der Waals surface area contributed by atoms with E-state index in [1.165, 1.54) is 19.2 Å². The standard InChI is InChI=1S/C12H15N3O3S/c1-3-7-14-9-12(16)15-10-5-4-6-11(8-10)19(17,18)13-2/h1,4-6,8,13-14H,7,9H2,2H3,(H,15,16). The molecule has 1 aromatic carbocycles. The smallest absolute Gasteiger partial charge is 0.240 e. The van der Waals surface area contributed by atoms with Crippen molar-refractivity contribution < 1.29 is 13.2 Å². The highest BCUT2D eigenvalue weighted by Gasteiger charge is 2.12. The van der Waals surface area contributed by atoms with Gasteiger partial charge in [0.05, 0.1) is 18.0 Å². The summed E-state index contributed by atoms with van der Waals surface area (Å²) in [5, 5.41) is 5.31. The van der Waals surface area contributed by atoms with E-state index < -0.39 is 10.0 Å². The van der Waals surface area contributed by atoms with Gasteiger partial charge in [0.1, 0.15) is 0 Å². The Morgan fingerprint density at radius 3 is 2.79 bits per heavy atom. The average Bonchev–Trinajstić information content (AvgIpc) is 2.39. The lowest BCUT2D eigenvalue weighted by atomic mass is 10.3. The van der Waals surface area contributed by atoms with Crippen molar-refractivity contribution >= 4 is 21.6 Å². The Balaban J connectivity index is 2.73. The summed E-state index contributed by atoms with van der Waals surface area (Å²) >= 11 is 0. The molecule has 0 saturated heterocycles. The molecule has 0 aliphatic rings. The summed E-state index contributed by atoms with van der Waals surface area (Å²) in [6.45, 7) is 0.356. The maximum atomic E-state index is 11.6. The van der Waals surface area contributed by atoms with Gasteiger partial charge < -0.3 is 5.32 Å². The maximum Gasteiger partial charge on any atom is 0.240 e. The number of carbonyl (C=O) groups excluding carboxylic acids is 1. The second kappa shape index (κ2) is 6.89. The van der Waals surface area contributed by atoms with Crippen LogP contribution in [0.1, 0.15) is 0 Å². The summed E-state index contributed by atoms with van der Waals surface area (Å²) in [4.78, 5) is 11.6. The van der Waals surface area contributed by atoms with Crippen LogP contribution in [0.4, 0.5) is 5.69 Å². The first-order chi connectivity index (χ1) is 8.99. The zero-order valence-corrected chi connectivity index (χ0v) is 11.3. The van der Waals surface area contributed by atoms with E-state index in [1.807, 2.05) is 0 Å².